The Morgan fingerprint density at radius 2 is 2.14 bits per heavy atom. The summed E-state index contributed by atoms with van der Waals surface area (Å²) in [6.45, 7) is 5.71. The van der Waals surface area contributed by atoms with Gasteiger partial charge in [0.15, 0.2) is 10.8 Å². The summed E-state index contributed by atoms with van der Waals surface area (Å²) in [7, 11) is 0. The van der Waals surface area contributed by atoms with Crippen molar-refractivity contribution in [2.45, 2.75) is 33.3 Å². The van der Waals surface area contributed by atoms with Gasteiger partial charge in [-0.3, -0.25) is 9.20 Å². The van der Waals surface area contributed by atoms with Crippen molar-refractivity contribution in [2.24, 2.45) is 0 Å². The monoisotopic (exact) mass is 409 g/mol. The fourth-order valence-corrected chi connectivity index (χ4v) is 4.02. The van der Waals surface area contributed by atoms with Crippen LogP contribution in [-0.4, -0.2) is 30.1 Å². The van der Waals surface area contributed by atoms with Gasteiger partial charge in [-0.1, -0.05) is 19.9 Å². The second kappa shape index (κ2) is 7.59. The number of hydrogen-bond acceptors (Lipinski definition) is 7. The maximum Gasteiger partial charge on any atom is 0.342 e. The molecular formula is C20H19N5O3S. The van der Waals surface area contributed by atoms with Crippen LogP contribution in [0.2, 0.25) is 0 Å². The van der Waals surface area contributed by atoms with Crippen LogP contribution in [-0.2, 0) is 11.3 Å². The van der Waals surface area contributed by atoms with Crippen molar-refractivity contribution in [1.82, 2.24) is 24.1 Å². The van der Waals surface area contributed by atoms with Gasteiger partial charge in [-0.15, -0.1) is 11.3 Å². The van der Waals surface area contributed by atoms with Crippen LogP contribution in [0.1, 0.15) is 47.2 Å². The molecule has 0 spiro atoms. The average Bonchev–Trinajstić information content (AvgIpc) is 3.31. The van der Waals surface area contributed by atoms with Gasteiger partial charge < -0.3 is 4.74 Å². The summed E-state index contributed by atoms with van der Waals surface area (Å²) in [6, 6.07) is 6.89. The van der Waals surface area contributed by atoms with Crippen LogP contribution in [0.5, 0.6) is 0 Å². The number of hydrogen-bond donors (Lipinski definition) is 0. The minimum atomic E-state index is -0.514. The third-order valence-corrected chi connectivity index (χ3v) is 5.36. The normalized spacial score (nSPS) is 11.3. The van der Waals surface area contributed by atoms with E-state index >= 15 is 0 Å². The second-order valence-corrected chi connectivity index (χ2v) is 7.69. The van der Waals surface area contributed by atoms with Gasteiger partial charge in [0.2, 0.25) is 0 Å². The third-order valence-electron chi connectivity index (χ3n) is 4.42. The number of carbonyl (C=O) groups excluding carboxylic acids is 1. The molecule has 0 amide bonds. The molecule has 0 aliphatic heterocycles. The van der Waals surface area contributed by atoms with E-state index in [1.165, 1.54) is 28.0 Å². The number of pyridine rings is 1. The number of rotatable bonds is 5. The molecule has 9 heteroatoms. The molecule has 0 unspecified atom stereocenters. The lowest BCUT2D eigenvalue weighted by atomic mass is 10.1. The summed E-state index contributed by atoms with van der Waals surface area (Å²) in [4.78, 5) is 34.3. The Labute approximate surface area is 170 Å². The fraction of sp³-hybridized carbons (Fsp3) is 0.250. The van der Waals surface area contributed by atoms with E-state index in [4.69, 9.17) is 4.74 Å². The zero-order valence-electron chi connectivity index (χ0n) is 16.2. The number of thiazole rings is 1. The van der Waals surface area contributed by atoms with Crippen LogP contribution in [0.15, 0.2) is 46.8 Å². The first-order valence-corrected chi connectivity index (χ1v) is 9.97. The Hall–Kier alpha value is -3.33. The summed E-state index contributed by atoms with van der Waals surface area (Å²) < 4.78 is 8.62. The van der Waals surface area contributed by atoms with Crippen molar-refractivity contribution in [3.8, 4) is 5.82 Å². The lowest BCUT2D eigenvalue weighted by molar-refractivity contribution is 0.0466. The fourth-order valence-electron chi connectivity index (χ4n) is 3.12. The number of ether oxygens (including phenoxy) is 1. The Kier molecular flexibility index (Phi) is 4.98. The van der Waals surface area contributed by atoms with Crippen LogP contribution in [0.3, 0.4) is 0 Å². The minimum Gasteiger partial charge on any atom is -0.455 e. The van der Waals surface area contributed by atoms with Crippen molar-refractivity contribution in [1.29, 1.82) is 0 Å². The van der Waals surface area contributed by atoms with Crippen LogP contribution in [0, 0.1) is 6.92 Å². The Balaban J connectivity index is 1.59. The summed E-state index contributed by atoms with van der Waals surface area (Å²) in [5, 5.41) is 6.19. The first kappa shape index (κ1) is 19.0. The van der Waals surface area contributed by atoms with Gasteiger partial charge in [-0.2, -0.15) is 5.10 Å². The lowest BCUT2D eigenvalue weighted by Crippen LogP contribution is -2.17. The van der Waals surface area contributed by atoms with Crippen LogP contribution < -0.4 is 5.56 Å². The maximum atomic E-state index is 12.7. The van der Waals surface area contributed by atoms with Crippen molar-refractivity contribution < 1.29 is 9.53 Å². The number of fused-ring (bicyclic) bond motifs is 1. The Morgan fingerprint density at radius 1 is 1.31 bits per heavy atom. The predicted octanol–water partition coefficient (Wildman–Crippen LogP) is 3.13. The molecule has 0 saturated heterocycles. The van der Waals surface area contributed by atoms with E-state index in [1.807, 2.05) is 44.4 Å². The number of carbonyl (C=O) groups is 1. The molecule has 148 valence electrons. The van der Waals surface area contributed by atoms with Gasteiger partial charge in [-0.25, -0.2) is 19.4 Å². The molecule has 0 saturated carbocycles. The minimum absolute atomic E-state index is 0.0234. The molecule has 0 aliphatic rings. The highest BCUT2D eigenvalue weighted by Gasteiger charge is 2.22. The average molecular weight is 409 g/mol. The first-order chi connectivity index (χ1) is 14.0. The molecule has 4 aromatic heterocycles. The molecule has 0 aliphatic carbocycles. The maximum absolute atomic E-state index is 12.7. The molecule has 0 bridgehead atoms. The van der Waals surface area contributed by atoms with E-state index in [2.05, 4.69) is 15.1 Å². The molecule has 8 nitrogen and oxygen atoms in total. The molecule has 0 fully saturated rings. The number of aryl methyl sites for hydroxylation is 1. The van der Waals surface area contributed by atoms with Gasteiger partial charge >= 0.3 is 5.97 Å². The van der Waals surface area contributed by atoms with Crippen LogP contribution >= 0.6 is 11.3 Å². The summed E-state index contributed by atoms with van der Waals surface area (Å²) in [5.41, 5.74) is 2.13. The standard InChI is InChI=1S/C20H19N5O3S/c1-12(2)18-15(9-22-25(18)16-6-4-5-7-21-16)19(27)28-10-14-8-17(26)24-13(3)11-29-20(24)23-14/h4-9,11-12H,10H2,1-3H3. The van der Waals surface area contributed by atoms with E-state index in [1.54, 1.807) is 10.9 Å². The SMILES string of the molecule is Cc1csc2nc(COC(=O)c3cnn(-c4ccccn4)c3C(C)C)cc(=O)n12. The van der Waals surface area contributed by atoms with E-state index in [9.17, 15) is 9.59 Å². The molecule has 0 atom stereocenters. The highest BCUT2D eigenvalue weighted by Crippen LogP contribution is 2.23. The quantitative estimate of drug-likeness (QED) is 0.470. The lowest BCUT2D eigenvalue weighted by Gasteiger charge is -2.12. The Morgan fingerprint density at radius 3 is 2.86 bits per heavy atom. The largest absolute Gasteiger partial charge is 0.455 e. The number of nitrogens with zero attached hydrogens (tertiary/aromatic N) is 5. The zero-order chi connectivity index (χ0) is 20.5. The second-order valence-electron chi connectivity index (χ2n) is 6.85. The summed E-state index contributed by atoms with van der Waals surface area (Å²) in [6.07, 6.45) is 3.16. The van der Waals surface area contributed by atoms with Crippen LogP contribution in [0.25, 0.3) is 10.8 Å². The first-order valence-electron chi connectivity index (χ1n) is 9.09. The van der Waals surface area contributed by atoms with Gasteiger partial charge in [-0.05, 0) is 25.0 Å². The molecule has 0 radical (unpaired) electrons. The number of aromatic nitrogens is 5. The molecule has 4 rings (SSSR count). The van der Waals surface area contributed by atoms with E-state index < -0.39 is 5.97 Å². The van der Waals surface area contributed by atoms with Crippen molar-refractivity contribution in [3.63, 3.8) is 0 Å². The summed E-state index contributed by atoms with van der Waals surface area (Å²) in [5.74, 6) is 0.138. The number of esters is 1. The van der Waals surface area contributed by atoms with E-state index in [0.717, 1.165) is 5.69 Å². The Bertz CT molecular complexity index is 1240. The van der Waals surface area contributed by atoms with E-state index in [0.29, 0.717) is 27.7 Å². The molecule has 4 heterocycles. The summed E-state index contributed by atoms with van der Waals surface area (Å²) >= 11 is 1.37. The molecule has 0 aromatic carbocycles. The van der Waals surface area contributed by atoms with Gasteiger partial charge in [0, 0.05) is 23.3 Å². The van der Waals surface area contributed by atoms with Crippen molar-refractivity contribution in [2.75, 3.05) is 0 Å². The highest BCUT2D eigenvalue weighted by molar-refractivity contribution is 7.15. The molecule has 29 heavy (non-hydrogen) atoms. The van der Waals surface area contributed by atoms with Crippen molar-refractivity contribution in [3.05, 3.63) is 75.0 Å². The predicted molar refractivity (Wildman–Crippen MR) is 109 cm³/mol. The topological polar surface area (TPSA) is 91.4 Å². The zero-order valence-corrected chi connectivity index (χ0v) is 17.0. The van der Waals surface area contributed by atoms with Crippen molar-refractivity contribution >= 4 is 22.3 Å². The van der Waals surface area contributed by atoms with Gasteiger partial charge in [0.05, 0.1) is 17.6 Å². The van der Waals surface area contributed by atoms with Crippen LogP contribution in [0.4, 0.5) is 0 Å². The molecular weight excluding hydrogens is 390 g/mol. The smallest absolute Gasteiger partial charge is 0.342 e. The van der Waals surface area contributed by atoms with E-state index in [-0.39, 0.29) is 18.1 Å². The molecule has 4 aromatic rings. The molecule has 0 N–H and O–H groups in total. The van der Waals surface area contributed by atoms with Gasteiger partial charge in [0.25, 0.3) is 5.56 Å². The van der Waals surface area contributed by atoms with Gasteiger partial charge in [0.1, 0.15) is 12.2 Å². The third kappa shape index (κ3) is 3.56. The highest BCUT2D eigenvalue weighted by atomic mass is 32.1.